The lowest BCUT2D eigenvalue weighted by atomic mass is 10.3. The Morgan fingerprint density at radius 1 is 1.29 bits per heavy atom. The van der Waals surface area contributed by atoms with Crippen molar-refractivity contribution >= 4 is 21.6 Å². The third-order valence-electron chi connectivity index (χ3n) is 2.48. The fourth-order valence-corrected chi connectivity index (χ4v) is 3.20. The van der Waals surface area contributed by atoms with E-state index in [4.69, 9.17) is 16.3 Å². The van der Waals surface area contributed by atoms with Crippen LogP contribution in [0.5, 0.6) is 5.75 Å². The standard InChI is InChI=1S/C13H12ClFN2O3S/c14-11-4-1-5-12(15)13(11)21(18,19)17-7-8-20-10-3-2-6-16-9-10/h1-6,9,17H,7-8H2. The molecule has 21 heavy (non-hydrogen) atoms. The van der Waals surface area contributed by atoms with Crippen LogP contribution in [0.25, 0.3) is 0 Å². The Labute approximate surface area is 126 Å². The highest BCUT2D eigenvalue weighted by molar-refractivity contribution is 7.89. The number of hydrogen-bond donors (Lipinski definition) is 1. The highest BCUT2D eigenvalue weighted by Crippen LogP contribution is 2.23. The Hall–Kier alpha value is -1.70. The van der Waals surface area contributed by atoms with E-state index in [9.17, 15) is 12.8 Å². The number of nitrogens with zero attached hydrogens (tertiary/aromatic N) is 1. The third-order valence-corrected chi connectivity index (χ3v) is 4.45. The Balaban J connectivity index is 1.96. The molecule has 112 valence electrons. The predicted octanol–water partition coefficient (Wildman–Crippen LogP) is 2.23. The molecule has 0 bridgehead atoms. The molecule has 0 atom stereocenters. The summed E-state index contributed by atoms with van der Waals surface area (Å²) in [6.45, 7) is 0.0545. The topological polar surface area (TPSA) is 68.3 Å². The highest BCUT2D eigenvalue weighted by atomic mass is 35.5. The van der Waals surface area contributed by atoms with E-state index in [-0.39, 0.29) is 18.2 Å². The average Bonchev–Trinajstić information content (AvgIpc) is 2.44. The molecule has 1 aromatic heterocycles. The fourth-order valence-electron chi connectivity index (χ4n) is 1.59. The SMILES string of the molecule is O=S(=O)(NCCOc1cccnc1)c1c(F)cccc1Cl. The summed E-state index contributed by atoms with van der Waals surface area (Å²) in [6, 6.07) is 7.06. The lowest BCUT2D eigenvalue weighted by Gasteiger charge is -2.10. The van der Waals surface area contributed by atoms with E-state index in [1.807, 2.05) is 0 Å². The van der Waals surface area contributed by atoms with Crippen LogP contribution < -0.4 is 9.46 Å². The van der Waals surface area contributed by atoms with Gasteiger partial charge in [-0.25, -0.2) is 17.5 Å². The molecule has 2 aromatic rings. The number of sulfonamides is 1. The summed E-state index contributed by atoms with van der Waals surface area (Å²) in [4.78, 5) is 3.29. The molecule has 0 amide bonds. The van der Waals surface area contributed by atoms with Gasteiger partial charge in [-0.2, -0.15) is 0 Å². The molecule has 0 radical (unpaired) electrons. The zero-order valence-electron chi connectivity index (χ0n) is 10.8. The second-order valence-electron chi connectivity index (χ2n) is 3.99. The van der Waals surface area contributed by atoms with Gasteiger partial charge in [0.25, 0.3) is 0 Å². The molecule has 0 unspecified atom stereocenters. The summed E-state index contributed by atoms with van der Waals surface area (Å²) in [5.74, 6) is -0.385. The predicted molar refractivity (Wildman–Crippen MR) is 76.3 cm³/mol. The van der Waals surface area contributed by atoms with Crippen LogP contribution in [0.2, 0.25) is 5.02 Å². The monoisotopic (exact) mass is 330 g/mol. The summed E-state index contributed by atoms with van der Waals surface area (Å²) < 4.78 is 45.1. The number of rotatable bonds is 6. The van der Waals surface area contributed by atoms with Crippen molar-refractivity contribution < 1.29 is 17.5 Å². The van der Waals surface area contributed by atoms with Gasteiger partial charge in [-0.05, 0) is 24.3 Å². The first-order valence-electron chi connectivity index (χ1n) is 5.97. The van der Waals surface area contributed by atoms with Gasteiger partial charge in [0.05, 0.1) is 11.2 Å². The molecule has 1 N–H and O–H groups in total. The van der Waals surface area contributed by atoms with Crippen molar-refractivity contribution in [3.63, 3.8) is 0 Å². The number of ether oxygens (including phenoxy) is 1. The molecular weight excluding hydrogens is 319 g/mol. The molecule has 0 spiro atoms. The number of hydrogen-bond acceptors (Lipinski definition) is 4. The lowest BCUT2D eigenvalue weighted by molar-refractivity contribution is 0.321. The number of benzene rings is 1. The zero-order chi connectivity index (χ0) is 15.3. The minimum Gasteiger partial charge on any atom is -0.491 e. The number of nitrogens with one attached hydrogen (secondary N) is 1. The average molecular weight is 331 g/mol. The number of halogens is 2. The van der Waals surface area contributed by atoms with E-state index in [0.29, 0.717) is 5.75 Å². The van der Waals surface area contributed by atoms with E-state index in [1.54, 1.807) is 18.3 Å². The fraction of sp³-hybridized carbons (Fsp3) is 0.154. The van der Waals surface area contributed by atoms with Gasteiger partial charge in [0.15, 0.2) is 0 Å². The third kappa shape index (κ3) is 4.13. The van der Waals surface area contributed by atoms with Gasteiger partial charge < -0.3 is 4.74 Å². The first-order chi connectivity index (χ1) is 10.0. The summed E-state index contributed by atoms with van der Waals surface area (Å²) in [5, 5.41) is -0.171. The van der Waals surface area contributed by atoms with Crippen molar-refractivity contribution in [3.05, 3.63) is 53.6 Å². The van der Waals surface area contributed by atoms with Crippen LogP contribution in [0, 0.1) is 5.82 Å². The maximum atomic E-state index is 13.6. The van der Waals surface area contributed by atoms with Gasteiger partial charge in [-0.15, -0.1) is 0 Å². The van der Waals surface area contributed by atoms with Crippen molar-refractivity contribution in [1.82, 2.24) is 9.71 Å². The highest BCUT2D eigenvalue weighted by Gasteiger charge is 2.21. The molecule has 0 saturated carbocycles. The van der Waals surface area contributed by atoms with Crippen LogP contribution in [0.4, 0.5) is 4.39 Å². The lowest BCUT2D eigenvalue weighted by Crippen LogP contribution is -2.29. The van der Waals surface area contributed by atoms with Crippen molar-refractivity contribution in [2.45, 2.75) is 4.90 Å². The molecule has 1 aromatic carbocycles. The molecule has 0 aliphatic carbocycles. The molecule has 0 saturated heterocycles. The van der Waals surface area contributed by atoms with Gasteiger partial charge in [-0.3, -0.25) is 4.98 Å². The second-order valence-corrected chi connectivity index (χ2v) is 6.10. The van der Waals surface area contributed by atoms with E-state index >= 15 is 0 Å². The first-order valence-corrected chi connectivity index (χ1v) is 7.83. The molecule has 0 aliphatic rings. The molecule has 5 nitrogen and oxygen atoms in total. The Morgan fingerprint density at radius 2 is 2.10 bits per heavy atom. The summed E-state index contributed by atoms with van der Waals surface area (Å²) in [5.41, 5.74) is 0. The smallest absolute Gasteiger partial charge is 0.245 e. The second kappa shape index (κ2) is 6.84. The largest absolute Gasteiger partial charge is 0.491 e. The number of pyridine rings is 1. The number of aromatic nitrogens is 1. The normalized spacial score (nSPS) is 11.3. The minimum atomic E-state index is -4.03. The van der Waals surface area contributed by atoms with Crippen LogP contribution in [-0.2, 0) is 10.0 Å². The molecule has 1 heterocycles. The van der Waals surface area contributed by atoms with Crippen LogP contribution in [0.3, 0.4) is 0 Å². The van der Waals surface area contributed by atoms with Crippen LogP contribution in [-0.4, -0.2) is 26.6 Å². The Kier molecular flexibility index (Phi) is 5.11. The molecule has 2 rings (SSSR count). The Bertz CT molecular complexity index is 690. The van der Waals surface area contributed by atoms with Gasteiger partial charge in [0.2, 0.25) is 10.0 Å². The first kappa shape index (κ1) is 15.7. The van der Waals surface area contributed by atoms with Crippen LogP contribution in [0.1, 0.15) is 0 Å². The van der Waals surface area contributed by atoms with Gasteiger partial charge >= 0.3 is 0 Å². The van der Waals surface area contributed by atoms with Crippen LogP contribution >= 0.6 is 11.6 Å². The molecule has 0 aliphatic heterocycles. The zero-order valence-corrected chi connectivity index (χ0v) is 12.4. The van der Waals surface area contributed by atoms with Gasteiger partial charge in [-0.1, -0.05) is 17.7 Å². The molecular formula is C13H12ClFN2O3S. The maximum Gasteiger partial charge on any atom is 0.245 e. The van der Waals surface area contributed by atoms with Gasteiger partial charge in [0, 0.05) is 12.7 Å². The summed E-state index contributed by atoms with van der Waals surface area (Å²) >= 11 is 5.72. The van der Waals surface area contributed by atoms with Crippen LogP contribution in [0.15, 0.2) is 47.6 Å². The van der Waals surface area contributed by atoms with E-state index in [0.717, 1.165) is 6.07 Å². The molecule has 0 fully saturated rings. The minimum absolute atomic E-state index is 0.0259. The Morgan fingerprint density at radius 3 is 2.76 bits per heavy atom. The van der Waals surface area contributed by atoms with Crippen molar-refractivity contribution in [2.75, 3.05) is 13.2 Å². The summed E-state index contributed by atoms with van der Waals surface area (Å²) in [7, 11) is -4.03. The molecule has 8 heteroatoms. The van der Waals surface area contributed by atoms with E-state index in [1.165, 1.54) is 18.3 Å². The van der Waals surface area contributed by atoms with E-state index < -0.39 is 20.7 Å². The van der Waals surface area contributed by atoms with Crippen molar-refractivity contribution in [2.24, 2.45) is 0 Å². The van der Waals surface area contributed by atoms with Crippen molar-refractivity contribution in [3.8, 4) is 5.75 Å². The van der Waals surface area contributed by atoms with Crippen molar-refractivity contribution in [1.29, 1.82) is 0 Å². The van der Waals surface area contributed by atoms with Gasteiger partial charge in [0.1, 0.15) is 23.1 Å². The van der Waals surface area contributed by atoms with E-state index in [2.05, 4.69) is 9.71 Å². The quantitative estimate of drug-likeness (QED) is 0.825. The maximum absolute atomic E-state index is 13.6. The summed E-state index contributed by atoms with van der Waals surface area (Å²) in [6.07, 6.45) is 3.10.